The van der Waals surface area contributed by atoms with Crippen LogP contribution >= 0.6 is 11.3 Å². The highest BCUT2D eigenvalue weighted by molar-refractivity contribution is 7.10. The van der Waals surface area contributed by atoms with Gasteiger partial charge in [0.1, 0.15) is 0 Å². The van der Waals surface area contributed by atoms with Gasteiger partial charge in [0, 0.05) is 11.4 Å². The first-order chi connectivity index (χ1) is 16.7. The number of carbonyl (C=O) groups is 3. The van der Waals surface area contributed by atoms with Crippen LogP contribution in [0.1, 0.15) is 51.0 Å². The van der Waals surface area contributed by atoms with Gasteiger partial charge < -0.3 is 0 Å². The van der Waals surface area contributed by atoms with Gasteiger partial charge in [-0.05, 0) is 41.7 Å². The Bertz CT molecular complexity index is 958. The van der Waals surface area contributed by atoms with E-state index in [9.17, 15) is 19.6 Å². The molecule has 0 unspecified atom stereocenters. The van der Waals surface area contributed by atoms with Gasteiger partial charge in [-0.25, -0.2) is 5.48 Å². The summed E-state index contributed by atoms with van der Waals surface area (Å²) < 4.78 is 0. The Labute approximate surface area is 212 Å². The first kappa shape index (κ1) is 28.3. The molecule has 7 nitrogen and oxygen atoms in total. The van der Waals surface area contributed by atoms with Crippen LogP contribution in [0.15, 0.2) is 53.9 Å². The van der Waals surface area contributed by atoms with Crippen LogP contribution in [0.4, 0.5) is 0 Å². The zero-order valence-corrected chi connectivity index (χ0v) is 21.8. The Kier molecular flexibility index (Phi) is 11.7. The number of nitrogens with one attached hydrogen (secondary N) is 2. The summed E-state index contributed by atoms with van der Waals surface area (Å²) >= 11 is 1.49. The van der Waals surface area contributed by atoms with Crippen LogP contribution in [0.25, 0.3) is 6.08 Å². The fourth-order valence-electron chi connectivity index (χ4n) is 3.86. The molecule has 8 heteroatoms. The molecule has 1 aromatic heterocycles. The van der Waals surface area contributed by atoms with Crippen LogP contribution in [0.3, 0.4) is 0 Å². The highest BCUT2D eigenvalue weighted by Gasteiger charge is 2.35. The largest absolute Gasteiger partial charge is 0.289 e. The lowest BCUT2D eigenvalue weighted by Crippen LogP contribution is -2.52. The van der Waals surface area contributed by atoms with Gasteiger partial charge in [-0.15, -0.1) is 11.3 Å². The fourth-order valence-corrected chi connectivity index (χ4v) is 4.56. The molecule has 2 aromatic rings. The molecule has 1 heterocycles. The second-order valence-electron chi connectivity index (χ2n) is 9.50. The summed E-state index contributed by atoms with van der Waals surface area (Å²) in [4.78, 5) is 40.0. The van der Waals surface area contributed by atoms with E-state index in [2.05, 4.69) is 5.43 Å². The number of carbonyl (C=O) groups excluding carboxylic acids is 3. The number of hydrogen-bond acceptors (Lipinski definition) is 5. The van der Waals surface area contributed by atoms with Gasteiger partial charge in [-0.3, -0.25) is 30.0 Å². The summed E-state index contributed by atoms with van der Waals surface area (Å²) in [5.74, 6) is -2.49. The summed E-state index contributed by atoms with van der Waals surface area (Å²) in [6, 6.07) is 13.4. The molecule has 0 radical (unpaired) electrons. The minimum Gasteiger partial charge on any atom is -0.289 e. The number of rotatable bonds is 12. The molecular formula is C27H37N3O4S. The van der Waals surface area contributed by atoms with E-state index in [4.69, 9.17) is 0 Å². The summed E-state index contributed by atoms with van der Waals surface area (Å²) in [6.07, 6.45) is 4.61. The molecule has 2 rings (SSSR count). The summed E-state index contributed by atoms with van der Waals surface area (Å²) in [7, 11) is 0. The molecule has 0 aliphatic rings. The van der Waals surface area contributed by atoms with Gasteiger partial charge in [0.05, 0.1) is 18.3 Å². The van der Waals surface area contributed by atoms with E-state index in [1.165, 1.54) is 16.3 Å². The molecule has 1 aromatic carbocycles. The third-order valence-corrected chi connectivity index (χ3v) is 6.37. The maximum atomic E-state index is 13.5. The van der Waals surface area contributed by atoms with E-state index < -0.39 is 23.7 Å². The van der Waals surface area contributed by atoms with Crippen molar-refractivity contribution >= 4 is 35.1 Å². The lowest BCUT2D eigenvalue weighted by atomic mass is 9.82. The number of allylic oxidation sites excluding steroid dienone is 1. The van der Waals surface area contributed by atoms with Crippen molar-refractivity contribution in [3.63, 3.8) is 0 Å². The number of hydrogen-bond donors (Lipinski definition) is 3. The van der Waals surface area contributed by atoms with E-state index in [1.54, 1.807) is 5.48 Å². The van der Waals surface area contributed by atoms with E-state index in [0.29, 0.717) is 13.0 Å². The van der Waals surface area contributed by atoms with Crippen LogP contribution in [0.2, 0.25) is 0 Å². The second-order valence-corrected chi connectivity index (χ2v) is 10.5. The highest BCUT2D eigenvalue weighted by Crippen LogP contribution is 2.26. The summed E-state index contributed by atoms with van der Waals surface area (Å²) in [5.41, 5.74) is 5.50. The van der Waals surface area contributed by atoms with Crippen molar-refractivity contribution in [3.8, 4) is 0 Å². The van der Waals surface area contributed by atoms with E-state index in [-0.39, 0.29) is 30.6 Å². The molecule has 0 saturated heterocycles. The molecule has 0 bridgehead atoms. The van der Waals surface area contributed by atoms with Crippen molar-refractivity contribution < 1.29 is 19.6 Å². The van der Waals surface area contributed by atoms with Crippen LogP contribution < -0.4 is 10.9 Å². The molecule has 0 aliphatic carbocycles. The monoisotopic (exact) mass is 499 g/mol. The smallest absolute Gasteiger partial charge is 0.247 e. The molecule has 0 fully saturated rings. The van der Waals surface area contributed by atoms with Crippen LogP contribution in [0.5, 0.6) is 0 Å². The minimum absolute atomic E-state index is 0.123. The Hall–Kier alpha value is -2.97. The maximum absolute atomic E-state index is 13.5. The van der Waals surface area contributed by atoms with Crippen molar-refractivity contribution in [3.05, 3.63) is 64.4 Å². The molecule has 0 spiro atoms. The third-order valence-electron chi connectivity index (χ3n) is 5.49. The van der Waals surface area contributed by atoms with Crippen molar-refractivity contribution in [2.45, 2.75) is 47.0 Å². The average Bonchev–Trinajstić information content (AvgIpc) is 3.33. The molecule has 35 heavy (non-hydrogen) atoms. The zero-order valence-electron chi connectivity index (χ0n) is 20.9. The number of amides is 3. The van der Waals surface area contributed by atoms with Gasteiger partial charge in [-0.1, -0.05) is 76.2 Å². The van der Waals surface area contributed by atoms with Gasteiger partial charge in [0.2, 0.25) is 17.7 Å². The Morgan fingerprint density at radius 3 is 2.26 bits per heavy atom. The standard InChI is InChI=1S/C27H37N3O4S/c1-19(2)16-24(23(27(33)29-34)14-8-12-21-10-6-5-7-11-21)26(32)28-30(18-20(3)4)25(31)17-22-13-9-15-35-22/h5-13,15,19-20,23-24,34H,14,16-18H2,1-4H3,(H,28,32)(H,29,33)/b12-8+/t23-,24+/m0/s1. The first-order valence-electron chi connectivity index (χ1n) is 12.0. The molecule has 0 aliphatic heterocycles. The van der Waals surface area contributed by atoms with Gasteiger partial charge in [0.25, 0.3) is 0 Å². The van der Waals surface area contributed by atoms with E-state index >= 15 is 0 Å². The van der Waals surface area contributed by atoms with Crippen LogP contribution in [-0.4, -0.2) is 34.5 Å². The Morgan fingerprint density at radius 2 is 1.69 bits per heavy atom. The van der Waals surface area contributed by atoms with Crippen molar-refractivity contribution in [1.82, 2.24) is 15.9 Å². The van der Waals surface area contributed by atoms with E-state index in [0.717, 1.165) is 10.4 Å². The number of hydrazine groups is 1. The lowest BCUT2D eigenvalue weighted by Gasteiger charge is -2.30. The number of benzene rings is 1. The number of nitrogens with zero attached hydrogens (tertiary/aromatic N) is 1. The maximum Gasteiger partial charge on any atom is 0.247 e. The van der Waals surface area contributed by atoms with Gasteiger partial charge >= 0.3 is 0 Å². The number of hydroxylamine groups is 1. The van der Waals surface area contributed by atoms with Crippen molar-refractivity contribution in [2.75, 3.05) is 6.54 Å². The predicted molar refractivity (Wildman–Crippen MR) is 139 cm³/mol. The predicted octanol–water partition coefficient (Wildman–Crippen LogP) is 4.69. The molecule has 0 saturated carbocycles. The van der Waals surface area contributed by atoms with Crippen molar-refractivity contribution in [2.24, 2.45) is 23.7 Å². The first-order valence-corrected chi connectivity index (χ1v) is 12.9. The SMILES string of the molecule is CC(C)C[C@@H](C(=O)NN(CC(C)C)C(=O)Cc1cccs1)[C@H](C/C=C/c1ccccc1)C(=O)NO. The average molecular weight is 500 g/mol. The molecule has 3 amide bonds. The Morgan fingerprint density at radius 1 is 0.971 bits per heavy atom. The fraction of sp³-hybridized carbons (Fsp3) is 0.444. The quantitative estimate of drug-likeness (QED) is 0.291. The molecule has 3 N–H and O–H groups in total. The summed E-state index contributed by atoms with van der Waals surface area (Å²) in [5, 5.41) is 12.7. The van der Waals surface area contributed by atoms with Gasteiger partial charge in [0.15, 0.2) is 0 Å². The molecular weight excluding hydrogens is 462 g/mol. The van der Waals surface area contributed by atoms with Crippen LogP contribution in [-0.2, 0) is 20.8 Å². The lowest BCUT2D eigenvalue weighted by molar-refractivity contribution is -0.147. The number of thiophene rings is 1. The molecule has 190 valence electrons. The second kappa shape index (κ2) is 14.4. The van der Waals surface area contributed by atoms with Crippen molar-refractivity contribution in [1.29, 1.82) is 0 Å². The topological polar surface area (TPSA) is 98.7 Å². The molecule has 2 atom stereocenters. The third kappa shape index (κ3) is 9.66. The minimum atomic E-state index is -0.796. The van der Waals surface area contributed by atoms with Gasteiger partial charge in [-0.2, -0.15) is 0 Å². The van der Waals surface area contributed by atoms with E-state index in [1.807, 2.05) is 87.7 Å². The normalized spacial score (nSPS) is 13.1. The summed E-state index contributed by atoms with van der Waals surface area (Å²) in [6.45, 7) is 8.25. The van der Waals surface area contributed by atoms with Crippen LogP contribution in [0, 0.1) is 23.7 Å². The zero-order chi connectivity index (χ0) is 25.8. The highest BCUT2D eigenvalue weighted by atomic mass is 32.1. The Balaban J connectivity index is 2.23.